The van der Waals surface area contributed by atoms with Gasteiger partial charge in [-0.25, -0.2) is 0 Å². The van der Waals surface area contributed by atoms with Crippen molar-refractivity contribution in [3.8, 4) is 5.75 Å². The molecule has 0 radical (unpaired) electrons. The lowest BCUT2D eigenvalue weighted by Gasteiger charge is -2.10. The monoisotopic (exact) mass is 425 g/mol. The SMILES string of the molecule is COc1cc(CNC(=O)CCCCCn2c(=S)[nH]c3ccccc3c2=O)ccc1C. The smallest absolute Gasteiger partial charge is 0.262 e. The third-order valence-corrected chi connectivity index (χ3v) is 5.46. The van der Waals surface area contributed by atoms with Gasteiger partial charge in [-0.3, -0.25) is 14.2 Å². The largest absolute Gasteiger partial charge is 0.496 e. The van der Waals surface area contributed by atoms with E-state index in [1.807, 2.05) is 43.3 Å². The van der Waals surface area contributed by atoms with Gasteiger partial charge in [-0.1, -0.05) is 30.7 Å². The Morgan fingerprint density at radius 3 is 2.77 bits per heavy atom. The summed E-state index contributed by atoms with van der Waals surface area (Å²) in [6, 6.07) is 13.3. The van der Waals surface area contributed by atoms with Crippen molar-refractivity contribution in [1.29, 1.82) is 0 Å². The van der Waals surface area contributed by atoms with Gasteiger partial charge < -0.3 is 15.0 Å². The van der Waals surface area contributed by atoms with E-state index < -0.39 is 0 Å². The molecule has 6 nitrogen and oxygen atoms in total. The molecule has 0 spiro atoms. The second kappa shape index (κ2) is 10.2. The lowest BCUT2D eigenvalue weighted by Crippen LogP contribution is -2.23. The molecule has 3 aromatic rings. The predicted octanol–water partition coefficient (Wildman–Crippen LogP) is 4.25. The molecular weight excluding hydrogens is 398 g/mol. The number of nitrogens with one attached hydrogen (secondary N) is 2. The number of aromatic nitrogens is 2. The highest BCUT2D eigenvalue weighted by molar-refractivity contribution is 7.71. The first-order valence-corrected chi connectivity index (χ1v) is 10.5. The zero-order valence-electron chi connectivity index (χ0n) is 17.4. The maximum atomic E-state index is 12.6. The summed E-state index contributed by atoms with van der Waals surface area (Å²) in [6.07, 6.45) is 2.86. The standard InChI is InChI=1S/C23H27N3O3S/c1-16-11-12-17(14-20(16)29-2)15-24-21(27)10-4-3-7-13-26-22(28)18-8-5-6-9-19(18)25-23(26)30/h5-6,8-9,11-12,14H,3-4,7,10,13,15H2,1-2H3,(H,24,27)(H,25,30). The average molecular weight is 426 g/mol. The van der Waals surface area contributed by atoms with Crippen LogP contribution in [0.4, 0.5) is 0 Å². The Morgan fingerprint density at radius 2 is 1.97 bits per heavy atom. The fourth-order valence-corrected chi connectivity index (χ4v) is 3.68. The average Bonchev–Trinajstić information content (AvgIpc) is 2.75. The molecule has 30 heavy (non-hydrogen) atoms. The van der Waals surface area contributed by atoms with Crippen molar-refractivity contribution in [2.75, 3.05) is 7.11 Å². The van der Waals surface area contributed by atoms with Crippen LogP contribution in [0.15, 0.2) is 47.3 Å². The minimum absolute atomic E-state index is 0.0229. The third-order valence-electron chi connectivity index (χ3n) is 5.14. The fraction of sp³-hybridized carbons (Fsp3) is 0.348. The van der Waals surface area contributed by atoms with Crippen molar-refractivity contribution in [2.24, 2.45) is 0 Å². The maximum Gasteiger partial charge on any atom is 0.262 e. The summed E-state index contributed by atoms with van der Waals surface area (Å²) in [7, 11) is 1.64. The number of carbonyl (C=O) groups is 1. The van der Waals surface area contributed by atoms with Crippen LogP contribution in [0, 0.1) is 11.7 Å². The number of H-pyrrole nitrogens is 1. The molecule has 1 aromatic heterocycles. The Hall–Kier alpha value is -2.93. The quantitative estimate of drug-likeness (QED) is 0.397. The lowest BCUT2D eigenvalue weighted by atomic mass is 10.1. The number of amides is 1. The number of rotatable bonds is 9. The number of benzene rings is 2. The van der Waals surface area contributed by atoms with Crippen molar-refractivity contribution in [3.63, 3.8) is 0 Å². The second-order valence-corrected chi connectivity index (χ2v) is 7.71. The van der Waals surface area contributed by atoms with Crippen LogP contribution < -0.4 is 15.6 Å². The van der Waals surface area contributed by atoms with Gasteiger partial charge in [0.25, 0.3) is 5.56 Å². The molecule has 0 unspecified atom stereocenters. The van der Waals surface area contributed by atoms with Gasteiger partial charge in [0.15, 0.2) is 4.77 Å². The summed E-state index contributed by atoms with van der Waals surface area (Å²) in [5.41, 5.74) is 2.76. The minimum Gasteiger partial charge on any atom is -0.496 e. The fourth-order valence-electron chi connectivity index (χ4n) is 3.40. The molecular formula is C23H27N3O3S. The van der Waals surface area contributed by atoms with Gasteiger partial charge in [-0.15, -0.1) is 0 Å². The molecule has 0 saturated heterocycles. The van der Waals surface area contributed by atoms with Crippen LogP contribution in [-0.2, 0) is 17.9 Å². The number of hydrogen-bond donors (Lipinski definition) is 2. The number of para-hydroxylation sites is 1. The summed E-state index contributed by atoms with van der Waals surface area (Å²) in [5.74, 6) is 0.846. The Morgan fingerprint density at radius 1 is 1.17 bits per heavy atom. The van der Waals surface area contributed by atoms with Crippen molar-refractivity contribution >= 4 is 29.0 Å². The number of carbonyl (C=O) groups excluding carboxylic acids is 1. The number of aromatic amines is 1. The van der Waals surface area contributed by atoms with Crippen LogP contribution >= 0.6 is 12.2 Å². The summed E-state index contributed by atoms with van der Waals surface area (Å²) >= 11 is 5.33. The van der Waals surface area contributed by atoms with Crippen molar-refractivity contribution in [3.05, 3.63) is 68.7 Å². The molecule has 0 bridgehead atoms. The van der Waals surface area contributed by atoms with E-state index in [0.717, 1.165) is 41.7 Å². The number of fused-ring (bicyclic) bond motifs is 1. The van der Waals surface area contributed by atoms with Crippen LogP contribution in [0.2, 0.25) is 0 Å². The van der Waals surface area contributed by atoms with E-state index in [1.54, 1.807) is 17.7 Å². The first-order chi connectivity index (χ1) is 14.5. The lowest BCUT2D eigenvalue weighted by molar-refractivity contribution is -0.121. The Kier molecular flexibility index (Phi) is 7.41. The molecule has 2 aromatic carbocycles. The van der Waals surface area contributed by atoms with Gasteiger partial charge in [0.05, 0.1) is 18.0 Å². The molecule has 0 saturated carbocycles. The summed E-state index contributed by atoms with van der Waals surface area (Å²) in [5, 5.41) is 3.58. The van der Waals surface area contributed by atoms with E-state index >= 15 is 0 Å². The number of hydrogen-bond acceptors (Lipinski definition) is 4. The molecule has 158 valence electrons. The maximum absolute atomic E-state index is 12.6. The first-order valence-electron chi connectivity index (χ1n) is 10.1. The molecule has 0 aliphatic rings. The highest BCUT2D eigenvalue weighted by Crippen LogP contribution is 2.18. The number of unbranched alkanes of at least 4 members (excludes halogenated alkanes) is 2. The predicted molar refractivity (Wildman–Crippen MR) is 121 cm³/mol. The molecule has 0 fully saturated rings. The topological polar surface area (TPSA) is 76.1 Å². The van der Waals surface area contributed by atoms with E-state index in [0.29, 0.717) is 29.7 Å². The first kappa shape index (κ1) is 21.8. The normalized spacial score (nSPS) is 10.9. The van der Waals surface area contributed by atoms with Gasteiger partial charge in [0, 0.05) is 19.5 Å². The van der Waals surface area contributed by atoms with Crippen LogP contribution in [0.3, 0.4) is 0 Å². The summed E-state index contributed by atoms with van der Waals surface area (Å²) in [6.45, 7) is 3.01. The summed E-state index contributed by atoms with van der Waals surface area (Å²) in [4.78, 5) is 27.8. The van der Waals surface area contributed by atoms with E-state index in [1.165, 1.54) is 0 Å². The molecule has 0 atom stereocenters. The van der Waals surface area contributed by atoms with Crippen molar-refractivity contribution in [2.45, 2.75) is 45.7 Å². The number of ether oxygens (including phenoxy) is 1. The van der Waals surface area contributed by atoms with Crippen LogP contribution in [0.1, 0.15) is 36.8 Å². The zero-order valence-corrected chi connectivity index (χ0v) is 18.2. The highest BCUT2D eigenvalue weighted by Gasteiger charge is 2.06. The molecule has 0 aliphatic heterocycles. The number of aryl methyl sites for hydroxylation is 1. The van der Waals surface area contributed by atoms with E-state index in [2.05, 4.69) is 10.3 Å². The van der Waals surface area contributed by atoms with E-state index in [4.69, 9.17) is 17.0 Å². The van der Waals surface area contributed by atoms with Gasteiger partial charge >= 0.3 is 0 Å². The molecule has 2 N–H and O–H groups in total. The van der Waals surface area contributed by atoms with E-state index in [-0.39, 0.29) is 11.5 Å². The second-order valence-electron chi connectivity index (χ2n) is 7.32. The third kappa shape index (κ3) is 5.36. The molecule has 1 heterocycles. The van der Waals surface area contributed by atoms with Crippen molar-refractivity contribution in [1.82, 2.24) is 14.9 Å². The Labute approximate surface area is 180 Å². The van der Waals surface area contributed by atoms with Gasteiger partial charge in [0.1, 0.15) is 5.75 Å². The highest BCUT2D eigenvalue weighted by atomic mass is 32.1. The van der Waals surface area contributed by atoms with Crippen LogP contribution in [-0.4, -0.2) is 22.6 Å². The van der Waals surface area contributed by atoms with Crippen LogP contribution in [0.5, 0.6) is 5.75 Å². The molecule has 1 amide bonds. The molecule has 0 aliphatic carbocycles. The van der Waals surface area contributed by atoms with Gasteiger partial charge in [-0.2, -0.15) is 0 Å². The van der Waals surface area contributed by atoms with E-state index in [9.17, 15) is 9.59 Å². The number of nitrogens with zero attached hydrogens (tertiary/aromatic N) is 1. The minimum atomic E-state index is -0.0689. The number of methoxy groups -OCH3 is 1. The Balaban J connectivity index is 1.43. The van der Waals surface area contributed by atoms with Crippen LogP contribution in [0.25, 0.3) is 10.9 Å². The van der Waals surface area contributed by atoms with Gasteiger partial charge in [-0.05, 0) is 61.3 Å². The van der Waals surface area contributed by atoms with Gasteiger partial charge in [0.2, 0.25) is 5.91 Å². The summed E-state index contributed by atoms with van der Waals surface area (Å²) < 4.78 is 7.35. The Bertz CT molecular complexity index is 1150. The zero-order chi connectivity index (χ0) is 21.5. The molecule has 3 rings (SSSR count). The van der Waals surface area contributed by atoms with Crippen molar-refractivity contribution < 1.29 is 9.53 Å². The molecule has 7 heteroatoms.